The number of hydrogen-bond donors (Lipinski definition) is 2. The van der Waals surface area contributed by atoms with Gasteiger partial charge in [0.2, 0.25) is 5.91 Å². The van der Waals surface area contributed by atoms with Crippen LogP contribution >= 0.6 is 11.3 Å². The molecule has 1 aliphatic rings. The lowest BCUT2D eigenvalue weighted by molar-refractivity contribution is -0.120. The van der Waals surface area contributed by atoms with Crippen LogP contribution in [0.3, 0.4) is 0 Å². The van der Waals surface area contributed by atoms with Gasteiger partial charge in [0.15, 0.2) is 0 Å². The molecule has 1 amide bonds. The first-order valence-electron chi connectivity index (χ1n) is 9.12. The molecule has 2 heterocycles. The molecule has 1 fully saturated rings. The minimum atomic E-state index is -3.61. The molecule has 6 nitrogen and oxygen atoms in total. The summed E-state index contributed by atoms with van der Waals surface area (Å²) in [4.78, 5) is 14.5. The molecule has 1 aromatic heterocycles. The van der Waals surface area contributed by atoms with Crippen molar-refractivity contribution >= 4 is 27.3 Å². The molecule has 0 aliphatic carbocycles. The highest BCUT2D eigenvalue weighted by atomic mass is 32.2. The van der Waals surface area contributed by atoms with Crippen molar-refractivity contribution in [3.8, 4) is 0 Å². The standard InChI is InChI=1S/C19H25N3O3S2/c23-18(14-21-27(24,25)19-10-6-12-26-19)20-13-17-9-4-5-11-22(17)15-16-7-2-1-3-8-16/h1-3,6-8,10,12,17,21H,4-5,9,11,13-15H2,(H,20,23). The highest BCUT2D eigenvalue weighted by Gasteiger charge is 2.23. The summed E-state index contributed by atoms with van der Waals surface area (Å²) < 4.78 is 26.7. The van der Waals surface area contributed by atoms with Gasteiger partial charge in [-0.05, 0) is 36.4 Å². The number of likely N-dealkylation sites (tertiary alicyclic amines) is 1. The Balaban J connectivity index is 1.48. The monoisotopic (exact) mass is 407 g/mol. The van der Waals surface area contributed by atoms with E-state index in [0.29, 0.717) is 6.54 Å². The average Bonchev–Trinajstić information content (AvgIpc) is 3.22. The third kappa shape index (κ3) is 5.87. The first-order chi connectivity index (χ1) is 13.0. The Hall–Kier alpha value is -1.74. The Labute approximate surface area is 164 Å². The van der Waals surface area contributed by atoms with Crippen LogP contribution in [0.5, 0.6) is 0 Å². The van der Waals surface area contributed by atoms with Crippen molar-refractivity contribution in [2.75, 3.05) is 19.6 Å². The van der Waals surface area contributed by atoms with E-state index < -0.39 is 10.0 Å². The smallest absolute Gasteiger partial charge is 0.250 e. The van der Waals surface area contributed by atoms with Crippen LogP contribution in [0.1, 0.15) is 24.8 Å². The number of nitrogens with one attached hydrogen (secondary N) is 2. The first-order valence-corrected chi connectivity index (χ1v) is 11.5. The molecule has 1 saturated heterocycles. The molecule has 0 saturated carbocycles. The van der Waals surface area contributed by atoms with Crippen LogP contribution in [-0.4, -0.2) is 44.9 Å². The minimum absolute atomic E-state index is 0.219. The Morgan fingerprint density at radius 2 is 1.96 bits per heavy atom. The first kappa shape index (κ1) is 20.0. The van der Waals surface area contributed by atoms with Gasteiger partial charge in [0.25, 0.3) is 10.0 Å². The number of benzene rings is 1. The molecule has 2 aromatic rings. The molecular weight excluding hydrogens is 382 g/mol. The van der Waals surface area contributed by atoms with Crippen LogP contribution < -0.4 is 10.0 Å². The number of rotatable bonds is 8. The third-order valence-corrected chi connectivity index (χ3v) is 7.49. The van der Waals surface area contributed by atoms with E-state index in [2.05, 4.69) is 27.1 Å². The molecule has 0 radical (unpaired) electrons. The van der Waals surface area contributed by atoms with E-state index in [4.69, 9.17) is 0 Å². The van der Waals surface area contributed by atoms with Crippen LogP contribution in [0, 0.1) is 0 Å². The predicted octanol–water partition coefficient (Wildman–Crippen LogP) is 2.20. The van der Waals surface area contributed by atoms with Crippen LogP contribution in [0.4, 0.5) is 0 Å². The number of carbonyl (C=O) groups is 1. The molecule has 3 rings (SSSR count). The van der Waals surface area contributed by atoms with Gasteiger partial charge in [0, 0.05) is 19.1 Å². The zero-order valence-electron chi connectivity index (χ0n) is 15.1. The van der Waals surface area contributed by atoms with Gasteiger partial charge in [-0.3, -0.25) is 9.69 Å². The quantitative estimate of drug-likeness (QED) is 0.703. The lowest BCUT2D eigenvalue weighted by Crippen LogP contribution is -2.47. The van der Waals surface area contributed by atoms with E-state index in [1.165, 1.54) is 11.6 Å². The van der Waals surface area contributed by atoms with Crippen LogP contribution in [0.25, 0.3) is 0 Å². The summed E-state index contributed by atoms with van der Waals surface area (Å²) in [5.41, 5.74) is 1.26. The molecule has 1 aromatic carbocycles. The number of piperidine rings is 1. The summed E-state index contributed by atoms with van der Waals surface area (Å²) in [6.45, 7) is 2.17. The second-order valence-corrected chi connectivity index (χ2v) is 9.61. The van der Waals surface area contributed by atoms with Gasteiger partial charge in [0.1, 0.15) is 4.21 Å². The fourth-order valence-electron chi connectivity index (χ4n) is 3.26. The van der Waals surface area contributed by atoms with Crippen molar-refractivity contribution in [3.05, 3.63) is 53.4 Å². The van der Waals surface area contributed by atoms with E-state index in [9.17, 15) is 13.2 Å². The number of nitrogens with zero attached hydrogens (tertiary/aromatic N) is 1. The second kappa shape index (κ2) is 9.45. The Bertz CT molecular complexity index is 823. The fraction of sp³-hybridized carbons (Fsp3) is 0.421. The van der Waals surface area contributed by atoms with Crippen molar-refractivity contribution in [3.63, 3.8) is 0 Å². The van der Waals surface area contributed by atoms with Crippen molar-refractivity contribution < 1.29 is 13.2 Å². The largest absolute Gasteiger partial charge is 0.353 e. The van der Waals surface area contributed by atoms with Gasteiger partial charge < -0.3 is 5.32 Å². The number of amides is 1. The highest BCUT2D eigenvalue weighted by molar-refractivity contribution is 7.91. The van der Waals surface area contributed by atoms with Crippen molar-refractivity contribution in [2.24, 2.45) is 0 Å². The average molecular weight is 408 g/mol. The minimum Gasteiger partial charge on any atom is -0.353 e. The Morgan fingerprint density at radius 3 is 2.70 bits per heavy atom. The molecule has 0 spiro atoms. The number of thiophene rings is 1. The van der Waals surface area contributed by atoms with Crippen molar-refractivity contribution in [1.29, 1.82) is 0 Å². The molecule has 8 heteroatoms. The maximum absolute atomic E-state index is 12.1. The van der Waals surface area contributed by atoms with E-state index >= 15 is 0 Å². The summed E-state index contributed by atoms with van der Waals surface area (Å²) in [6, 6.07) is 13.8. The molecule has 1 aliphatic heterocycles. The zero-order valence-corrected chi connectivity index (χ0v) is 16.8. The summed E-state index contributed by atoms with van der Waals surface area (Å²) in [5, 5.41) is 4.58. The predicted molar refractivity (Wildman–Crippen MR) is 107 cm³/mol. The number of hydrogen-bond acceptors (Lipinski definition) is 5. The maximum atomic E-state index is 12.1. The summed E-state index contributed by atoms with van der Waals surface area (Å²) >= 11 is 1.13. The second-order valence-electron chi connectivity index (χ2n) is 6.67. The molecule has 146 valence electrons. The topological polar surface area (TPSA) is 78.5 Å². The molecule has 1 unspecified atom stereocenters. The lowest BCUT2D eigenvalue weighted by atomic mass is 10.0. The summed E-state index contributed by atoms with van der Waals surface area (Å²) in [6.07, 6.45) is 3.35. The lowest BCUT2D eigenvalue weighted by Gasteiger charge is -2.35. The maximum Gasteiger partial charge on any atom is 0.250 e. The van der Waals surface area contributed by atoms with E-state index in [0.717, 1.165) is 43.7 Å². The Kier molecular flexibility index (Phi) is 7.01. The van der Waals surface area contributed by atoms with Gasteiger partial charge in [-0.15, -0.1) is 11.3 Å². The molecule has 2 N–H and O–H groups in total. The number of sulfonamides is 1. The highest BCUT2D eigenvalue weighted by Crippen LogP contribution is 2.19. The molecular formula is C19H25N3O3S2. The van der Waals surface area contributed by atoms with Crippen molar-refractivity contribution in [1.82, 2.24) is 14.9 Å². The summed E-state index contributed by atoms with van der Waals surface area (Å²) in [5.74, 6) is -0.305. The van der Waals surface area contributed by atoms with Crippen LogP contribution in [0.15, 0.2) is 52.1 Å². The summed E-state index contributed by atoms with van der Waals surface area (Å²) in [7, 11) is -3.61. The van der Waals surface area contributed by atoms with Gasteiger partial charge in [-0.1, -0.05) is 42.8 Å². The van der Waals surface area contributed by atoms with Gasteiger partial charge in [0.05, 0.1) is 6.54 Å². The SMILES string of the molecule is O=C(CNS(=O)(=O)c1cccs1)NCC1CCCCN1Cc1ccccc1. The van der Waals surface area contributed by atoms with E-state index in [-0.39, 0.29) is 22.7 Å². The molecule has 0 bridgehead atoms. The normalized spacial score (nSPS) is 18.3. The van der Waals surface area contributed by atoms with Crippen LogP contribution in [0.2, 0.25) is 0 Å². The van der Waals surface area contributed by atoms with Crippen LogP contribution in [-0.2, 0) is 21.4 Å². The fourth-order valence-corrected chi connectivity index (χ4v) is 5.28. The van der Waals surface area contributed by atoms with Gasteiger partial charge in [-0.2, -0.15) is 0 Å². The van der Waals surface area contributed by atoms with E-state index in [1.54, 1.807) is 11.4 Å². The van der Waals surface area contributed by atoms with Gasteiger partial charge >= 0.3 is 0 Å². The Morgan fingerprint density at radius 1 is 1.15 bits per heavy atom. The molecule has 27 heavy (non-hydrogen) atoms. The van der Waals surface area contributed by atoms with Crippen molar-refractivity contribution in [2.45, 2.75) is 36.1 Å². The third-order valence-electron chi connectivity index (χ3n) is 4.70. The zero-order chi connectivity index (χ0) is 19.1. The number of carbonyl (C=O) groups excluding carboxylic acids is 1. The van der Waals surface area contributed by atoms with Gasteiger partial charge in [-0.25, -0.2) is 13.1 Å². The van der Waals surface area contributed by atoms with E-state index in [1.807, 2.05) is 18.2 Å². The molecule has 1 atom stereocenters.